The molecule has 4 aromatic rings. The van der Waals surface area contributed by atoms with E-state index < -0.39 is 0 Å². The van der Waals surface area contributed by atoms with Crippen molar-refractivity contribution in [3.05, 3.63) is 59.2 Å². The fourth-order valence-corrected chi connectivity index (χ4v) is 3.63. The van der Waals surface area contributed by atoms with Crippen molar-refractivity contribution in [2.45, 2.75) is 0 Å². The lowest BCUT2D eigenvalue weighted by Gasteiger charge is -2.13. The molecule has 10 heteroatoms. The van der Waals surface area contributed by atoms with Gasteiger partial charge in [-0.25, -0.2) is 4.98 Å². The highest BCUT2D eigenvalue weighted by Gasteiger charge is 2.10. The molecule has 0 aliphatic heterocycles. The molecule has 0 aliphatic rings. The molecule has 0 unspecified atom stereocenters. The Morgan fingerprint density at radius 2 is 1.55 bits per heavy atom. The Labute approximate surface area is 188 Å². The highest BCUT2D eigenvalue weighted by atomic mass is 35.5. The molecule has 0 saturated carbocycles. The van der Waals surface area contributed by atoms with E-state index in [4.69, 9.17) is 16.3 Å². The number of nitrogens with one attached hydrogen (secondary N) is 2. The average Bonchev–Trinajstić information content (AvgIpc) is 3.22. The minimum absolute atomic E-state index is 0.0804. The molecule has 31 heavy (non-hydrogen) atoms. The molecular formula is C21H20ClN7OS. The van der Waals surface area contributed by atoms with Crippen molar-refractivity contribution >= 4 is 51.3 Å². The van der Waals surface area contributed by atoms with E-state index in [-0.39, 0.29) is 5.28 Å². The smallest absolute Gasteiger partial charge is 0.235 e. The number of methoxy groups -OCH3 is 1. The lowest BCUT2D eigenvalue weighted by atomic mass is 10.2. The van der Waals surface area contributed by atoms with Gasteiger partial charge in [0, 0.05) is 36.4 Å². The van der Waals surface area contributed by atoms with Crippen LogP contribution in [-0.2, 0) is 0 Å². The third-order valence-electron chi connectivity index (χ3n) is 4.36. The number of anilines is 5. The zero-order valence-electron chi connectivity index (χ0n) is 17.1. The minimum Gasteiger partial charge on any atom is -0.497 e. The summed E-state index contributed by atoms with van der Waals surface area (Å²) in [6.45, 7) is 0. The Hall–Kier alpha value is -3.43. The van der Waals surface area contributed by atoms with E-state index in [0.29, 0.717) is 17.0 Å². The summed E-state index contributed by atoms with van der Waals surface area (Å²) in [4.78, 5) is 19.3. The van der Waals surface area contributed by atoms with Crippen molar-refractivity contribution in [3.63, 3.8) is 0 Å². The lowest BCUT2D eigenvalue weighted by molar-refractivity contribution is 0.415. The number of nitrogens with zero attached hydrogens (tertiary/aromatic N) is 5. The van der Waals surface area contributed by atoms with Gasteiger partial charge in [-0.3, -0.25) is 5.32 Å². The Morgan fingerprint density at radius 3 is 2.19 bits per heavy atom. The van der Waals surface area contributed by atoms with Gasteiger partial charge < -0.3 is 15.0 Å². The van der Waals surface area contributed by atoms with Gasteiger partial charge in [0.25, 0.3) is 0 Å². The molecule has 0 amide bonds. The van der Waals surface area contributed by atoms with E-state index in [0.717, 1.165) is 28.4 Å². The second-order valence-corrected chi connectivity index (χ2v) is 7.91. The summed E-state index contributed by atoms with van der Waals surface area (Å²) >= 11 is 7.55. The molecule has 2 aromatic heterocycles. The van der Waals surface area contributed by atoms with Gasteiger partial charge >= 0.3 is 0 Å². The summed E-state index contributed by atoms with van der Waals surface area (Å²) in [6, 6.07) is 15.6. The van der Waals surface area contributed by atoms with Crippen LogP contribution in [0.5, 0.6) is 5.75 Å². The Morgan fingerprint density at radius 1 is 0.871 bits per heavy atom. The van der Waals surface area contributed by atoms with E-state index >= 15 is 0 Å². The van der Waals surface area contributed by atoms with Gasteiger partial charge in [-0.2, -0.15) is 15.0 Å². The maximum Gasteiger partial charge on any atom is 0.235 e. The van der Waals surface area contributed by atoms with E-state index in [9.17, 15) is 0 Å². The Balaban J connectivity index is 1.49. The van der Waals surface area contributed by atoms with Gasteiger partial charge in [0.15, 0.2) is 5.13 Å². The molecule has 0 aliphatic carbocycles. The van der Waals surface area contributed by atoms with Crippen LogP contribution in [0.3, 0.4) is 0 Å². The summed E-state index contributed by atoms with van der Waals surface area (Å²) in [5.74, 6) is 1.45. The van der Waals surface area contributed by atoms with Crippen LogP contribution in [0.1, 0.15) is 0 Å². The molecule has 4 rings (SSSR count). The first-order valence-electron chi connectivity index (χ1n) is 9.33. The minimum atomic E-state index is 0.0804. The van der Waals surface area contributed by atoms with Crippen LogP contribution in [0, 0.1) is 0 Å². The first-order chi connectivity index (χ1) is 15.0. The van der Waals surface area contributed by atoms with Gasteiger partial charge in [-0.1, -0.05) is 0 Å². The quantitative estimate of drug-likeness (QED) is 0.394. The molecular weight excluding hydrogens is 434 g/mol. The summed E-state index contributed by atoms with van der Waals surface area (Å²) in [7, 11) is 5.62. The highest BCUT2D eigenvalue weighted by Crippen LogP contribution is 2.28. The molecule has 2 N–H and O–H groups in total. The van der Waals surface area contributed by atoms with Crippen molar-refractivity contribution in [3.8, 4) is 17.0 Å². The first-order valence-corrected chi connectivity index (χ1v) is 10.6. The molecule has 158 valence electrons. The van der Waals surface area contributed by atoms with Crippen molar-refractivity contribution in [2.75, 3.05) is 36.7 Å². The zero-order chi connectivity index (χ0) is 21.8. The number of hydrogen-bond donors (Lipinski definition) is 2. The van der Waals surface area contributed by atoms with Crippen molar-refractivity contribution in [1.82, 2.24) is 19.9 Å². The molecule has 0 bridgehead atoms. The van der Waals surface area contributed by atoms with E-state index in [2.05, 4.69) is 30.6 Å². The fraction of sp³-hybridized carbons (Fsp3) is 0.143. The largest absolute Gasteiger partial charge is 0.497 e. The second kappa shape index (κ2) is 9.15. The number of ether oxygens (including phenoxy) is 1. The molecule has 0 saturated heterocycles. The van der Waals surface area contributed by atoms with Crippen molar-refractivity contribution in [2.24, 2.45) is 0 Å². The van der Waals surface area contributed by atoms with Gasteiger partial charge in [-0.05, 0) is 60.1 Å². The van der Waals surface area contributed by atoms with E-state index in [1.165, 1.54) is 11.3 Å². The number of hydrogen-bond acceptors (Lipinski definition) is 9. The van der Waals surface area contributed by atoms with E-state index in [1.807, 2.05) is 72.9 Å². The maximum absolute atomic E-state index is 6.10. The standard InChI is InChI=1S/C21H20ClN7OS/c1-29(2)15-8-6-14(7-9-15)23-19-25-18(22)26-20(27-19)28-21-24-17(12-31-21)13-4-10-16(30-3)11-5-13/h4-12H,1-3H3,(H2,23,24,25,26,27,28). The lowest BCUT2D eigenvalue weighted by Crippen LogP contribution is -2.08. The molecule has 2 heterocycles. The third-order valence-corrected chi connectivity index (χ3v) is 5.28. The second-order valence-electron chi connectivity index (χ2n) is 6.71. The van der Waals surface area contributed by atoms with Crippen LogP contribution in [-0.4, -0.2) is 41.1 Å². The number of benzene rings is 2. The first kappa shape index (κ1) is 20.8. The molecule has 8 nitrogen and oxygen atoms in total. The molecule has 0 atom stereocenters. The van der Waals surface area contributed by atoms with E-state index in [1.54, 1.807) is 7.11 Å². The third kappa shape index (κ3) is 5.19. The summed E-state index contributed by atoms with van der Waals surface area (Å²) in [5.41, 5.74) is 3.77. The normalized spacial score (nSPS) is 10.6. The van der Waals surface area contributed by atoms with Crippen molar-refractivity contribution in [1.29, 1.82) is 0 Å². The summed E-state index contributed by atoms with van der Waals surface area (Å²) in [6.07, 6.45) is 0. The maximum atomic E-state index is 6.10. The molecule has 2 aromatic carbocycles. The average molecular weight is 454 g/mol. The molecule has 0 spiro atoms. The SMILES string of the molecule is COc1ccc(-c2csc(Nc3nc(Cl)nc(Nc4ccc(N(C)C)cc4)n3)n2)cc1. The predicted octanol–water partition coefficient (Wildman–Crippen LogP) is 5.21. The summed E-state index contributed by atoms with van der Waals surface area (Å²) < 4.78 is 5.20. The predicted molar refractivity (Wildman–Crippen MR) is 126 cm³/mol. The van der Waals surface area contributed by atoms with Crippen LogP contribution < -0.4 is 20.3 Å². The number of rotatable bonds is 7. The highest BCUT2D eigenvalue weighted by molar-refractivity contribution is 7.14. The Kier molecular flexibility index (Phi) is 6.15. The Bertz CT molecular complexity index is 1160. The number of aromatic nitrogens is 4. The van der Waals surface area contributed by atoms with Crippen LogP contribution >= 0.6 is 22.9 Å². The van der Waals surface area contributed by atoms with Crippen LogP contribution in [0.2, 0.25) is 5.28 Å². The topological polar surface area (TPSA) is 88.1 Å². The van der Waals surface area contributed by atoms with Crippen LogP contribution in [0.15, 0.2) is 53.9 Å². The zero-order valence-corrected chi connectivity index (χ0v) is 18.7. The fourth-order valence-electron chi connectivity index (χ4n) is 2.76. The number of thiazole rings is 1. The summed E-state index contributed by atoms with van der Waals surface area (Å²) in [5, 5.41) is 8.93. The van der Waals surface area contributed by atoms with Gasteiger partial charge in [0.05, 0.1) is 12.8 Å². The van der Waals surface area contributed by atoms with Gasteiger partial charge in [0.2, 0.25) is 17.2 Å². The van der Waals surface area contributed by atoms with Crippen molar-refractivity contribution < 1.29 is 4.74 Å². The van der Waals surface area contributed by atoms with Crippen LogP contribution in [0.25, 0.3) is 11.3 Å². The monoisotopic (exact) mass is 453 g/mol. The van der Waals surface area contributed by atoms with Crippen LogP contribution in [0.4, 0.5) is 28.4 Å². The van der Waals surface area contributed by atoms with Gasteiger partial charge in [0.1, 0.15) is 5.75 Å². The van der Waals surface area contributed by atoms with Gasteiger partial charge in [-0.15, -0.1) is 11.3 Å². The molecule has 0 fully saturated rings. The number of halogens is 1. The molecule has 0 radical (unpaired) electrons.